The molecule has 0 fully saturated rings. The third-order valence-electron chi connectivity index (χ3n) is 2.26. The molecule has 0 bridgehead atoms. The minimum atomic E-state index is 0.496. The molecule has 0 aliphatic carbocycles. The number of nitrogens with zero attached hydrogens (tertiary/aromatic N) is 2. The van der Waals surface area contributed by atoms with Crippen LogP contribution in [0.1, 0.15) is 5.56 Å². The Hall–Kier alpha value is -1.42. The molecule has 0 saturated heterocycles. The monoisotopic (exact) mass is 278 g/mol. The lowest BCUT2D eigenvalue weighted by Gasteiger charge is -2.04. The average Bonchev–Trinajstić information content (AvgIpc) is 2.30. The highest BCUT2D eigenvalue weighted by atomic mass is 79.9. The summed E-state index contributed by atoms with van der Waals surface area (Å²) in [5.74, 6) is 0.496. The van der Waals surface area contributed by atoms with Crippen molar-refractivity contribution in [1.29, 1.82) is 0 Å². The first kappa shape index (κ1) is 11.1. The Morgan fingerprint density at radius 3 is 2.38 bits per heavy atom. The molecule has 3 nitrogen and oxygen atoms in total. The van der Waals surface area contributed by atoms with Gasteiger partial charge in [-0.15, -0.1) is 10.2 Å². The Balaban J connectivity index is 2.41. The zero-order valence-electron chi connectivity index (χ0n) is 9.07. The lowest BCUT2D eigenvalue weighted by Crippen LogP contribution is -1.94. The summed E-state index contributed by atoms with van der Waals surface area (Å²) < 4.78 is 5.84. The number of rotatable bonds is 2. The number of ether oxygens (including phenoxy) is 1. The quantitative estimate of drug-likeness (QED) is 0.846. The van der Waals surface area contributed by atoms with Gasteiger partial charge >= 0.3 is 0 Å². The maximum Gasteiger partial charge on any atom is 0.247 e. The predicted octanol–water partition coefficient (Wildman–Crippen LogP) is 3.22. The van der Waals surface area contributed by atoms with Crippen molar-refractivity contribution in [2.45, 2.75) is 6.92 Å². The van der Waals surface area contributed by atoms with E-state index >= 15 is 0 Å². The molecule has 2 aromatic rings. The Morgan fingerprint density at radius 1 is 1.12 bits per heavy atom. The van der Waals surface area contributed by atoms with Crippen molar-refractivity contribution in [1.82, 2.24) is 10.2 Å². The third kappa shape index (κ3) is 2.22. The van der Waals surface area contributed by atoms with E-state index < -0.39 is 0 Å². The largest absolute Gasteiger partial charge is 0.479 e. The van der Waals surface area contributed by atoms with Crippen LogP contribution in [-0.4, -0.2) is 17.3 Å². The van der Waals surface area contributed by atoms with Gasteiger partial charge in [0.15, 0.2) is 0 Å². The van der Waals surface area contributed by atoms with Gasteiger partial charge < -0.3 is 4.74 Å². The summed E-state index contributed by atoms with van der Waals surface area (Å²) in [6, 6.07) is 10.1. The lowest BCUT2D eigenvalue weighted by atomic mass is 10.1. The van der Waals surface area contributed by atoms with Gasteiger partial charge in [0, 0.05) is 5.56 Å². The molecular formula is C12H11BrN2O. The molecule has 1 heterocycles. The van der Waals surface area contributed by atoms with Gasteiger partial charge in [0.05, 0.1) is 17.3 Å². The van der Waals surface area contributed by atoms with Crippen LogP contribution in [0.5, 0.6) is 5.88 Å². The highest BCUT2D eigenvalue weighted by molar-refractivity contribution is 9.10. The van der Waals surface area contributed by atoms with Crippen LogP contribution in [-0.2, 0) is 0 Å². The molecule has 82 valence electrons. The zero-order valence-corrected chi connectivity index (χ0v) is 10.7. The van der Waals surface area contributed by atoms with Crippen LogP contribution in [0.3, 0.4) is 0 Å². The topological polar surface area (TPSA) is 35.0 Å². The second kappa shape index (κ2) is 4.61. The molecule has 1 aromatic heterocycles. The Labute approximate surface area is 103 Å². The van der Waals surface area contributed by atoms with Gasteiger partial charge in [0.25, 0.3) is 0 Å². The predicted molar refractivity (Wildman–Crippen MR) is 66.5 cm³/mol. The van der Waals surface area contributed by atoms with Gasteiger partial charge in [-0.2, -0.15) is 0 Å². The van der Waals surface area contributed by atoms with Crippen LogP contribution in [0, 0.1) is 6.92 Å². The second-order valence-electron chi connectivity index (χ2n) is 3.45. The SMILES string of the molecule is COc1nnc(-c2ccc(C)cc2)cc1Br. The summed E-state index contributed by atoms with van der Waals surface area (Å²) in [6.07, 6.45) is 0. The highest BCUT2D eigenvalue weighted by Gasteiger charge is 2.06. The fourth-order valence-corrected chi connectivity index (χ4v) is 1.82. The normalized spacial score (nSPS) is 10.2. The number of halogens is 1. The van der Waals surface area contributed by atoms with E-state index in [9.17, 15) is 0 Å². The lowest BCUT2D eigenvalue weighted by molar-refractivity contribution is 0.389. The molecule has 0 saturated carbocycles. The molecule has 0 radical (unpaired) electrons. The third-order valence-corrected chi connectivity index (χ3v) is 2.83. The van der Waals surface area contributed by atoms with Crippen LogP contribution in [0.4, 0.5) is 0 Å². The van der Waals surface area contributed by atoms with Crippen molar-refractivity contribution >= 4 is 15.9 Å². The van der Waals surface area contributed by atoms with E-state index in [0.717, 1.165) is 15.7 Å². The summed E-state index contributed by atoms with van der Waals surface area (Å²) in [5.41, 5.74) is 3.10. The minimum Gasteiger partial charge on any atom is -0.479 e. The van der Waals surface area contributed by atoms with Crippen LogP contribution >= 0.6 is 15.9 Å². The second-order valence-corrected chi connectivity index (χ2v) is 4.31. The van der Waals surface area contributed by atoms with Gasteiger partial charge in [-0.3, -0.25) is 0 Å². The van der Waals surface area contributed by atoms with E-state index in [2.05, 4.69) is 45.2 Å². The number of methoxy groups -OCH3 is 1. The van der Waals surface area contributed by atoms with Gasteiger partial charge in [0.2, 0.25) is 5.88 Å². The Morgan fingerprint density at radius 2 is 1.81 bits per heavy atom. The van der Waals surface area contributed by atoms with Crippen LogP contribution < -0.4 is 4.74 Å². The van der Waals surface area contributed by atoms with E-state index in [1.807, 2.05) is 18.2 Å². The molecule has 0 aliphatic rings. The van der Waals surface area contributed by atoms with E-state index in [0.29, 0.717) is 5.88 Å². The molecule has 0 atom stereocenters. The molecular weight excluding hydrogens is 268 g/mol. The van der Waals surface area contributed by atoms with Crippen molar-refractivity contribution in [3.63, 3.8) is 0 Å². The van der Waals surface area contributed by atoms with Gasteiger partial charge in [0.1, 0.15) is 0 Å². The van der Waals surface area contributed by atoms with Crippen LogP contribution in [0.25, 0.3) is 11.3 Å². The minimum absolute atomic E-state index is 0.496. The summed E-state index contributed by atoms with van der Waals surface area (Å²) in [6.45, 7) is 2.05. The summed E-state index contributed by atoms with van der Waals surface area (Å²) in [5, 5.41) is 8.08. The first-order valence-electron chi connectivity index (χ1n) is 4.85. The molecule has 0 N–H and O–H groups in total. The molecule has 0 unspecified atom stereocenters. The Kier molecular flexibility index (Phi) is 3.19. The molecule has 2 rings (SSSR count). The van der Waals surface area contributed by atoms with Crippen molar-refractivity contribution < 1.29 is 4.74 Å². The van der Waals surface area contributed by atoms with E-state index in [4.69, 9.17) is 4.74 Å². The van der Waals surface area contributed by atoms with Gasteiger partial charge in [-0.25, -0.2) is 0 Å². The number of aromatic nitrogens is 2. The molecule has 0 amide bonds. The van der Waals surface area contributed by atoms with Crippen molar-refractivity contribution in [3.05, 3.63) is 40.4 Å². The van der Waals surface area contributed by atoms with Crippen molar-refractivity contribution in [3.8, 4) is 17.1 Å². The molecule has 1 aromatic carbocycles. The van der Waals surface area contributed by atoms with Crippen LogP contribution in [0.15, 0.2) is 34.8 Å². The Bertz CT molecular complexity index is 497. The van der Waals surface area contributed by atoms with Gasteiger partial charge in [-0.1, -0.05) is 29.8 Å². The first-order valence-corrected chi connectivity index (χ1v) is 5.64. The highest BCUT2D eigenvalue weighted by Crippen LogP contribution is 2.26. The molecule has 4 heteroatoms. The summed E-state index contributed by atoms with van der Waals surface area (Å²) >= 11 is 3.39. The fraction of sp³-hybridized carbons (Fsp3) is 0.167. The summed E-state index contributed by atoms with van der Waals surface area (Å²) in [7, 11) is 1.57. The smallest absolute Gasteiger partial charge is 0.247 e. The van der Waals surface area contributed by atoms with Crippen molar-refractivity contribution in [2.24, 2.45) is 0 Å². The number of hydrogen-bond acceptors (Lipinski definition) is 3. The molecule has 0 spiro atoms. The molecule has 16 heavy (non-hydrogen) atoms. The van der Waals surface area contributed by atoms with E-state index in [1.54, 1.807) is 7.11 Å². The summed E-state index contributed by atoms with van der Waals surface area (Å²) in [4.78, 5) is 0. The van der Waals surface area contributed by atoms with E-state index in [1.165, 1.54) is 5.56 Å². The van der Waals surface area contributed by atoms with Gasteiger partial charge in [-0.05, 0) is 28.9 Å². The zero-order chi connectivity index (χ0) is 11.5. The number of hydrogen-bond donors (Lipinski definition) is 0. The number of benzene rings is 1. The number of aryl methyl sites for hydroxylation is 1. The maximum absolute atomic E-state index is 5.03. The fourth-order valence-electron chi connectivity index (χ4n) is 1.36. The average molecular weight is 279 g/mol. The first-order chi connectivity index (χ1) is 7.70. The molecule has 0 aliphatic heterocycles. The standard InChI is InChI=1S/C12H11BrN2O/c1-8-3-5-9(6-4-8)11-7-10(13)12(16-2)15-14-11/h3-7H,1-2H3. The van der Waals surface area contributed by atoms with E-state index in [-0.39, 0.29) is 0 Å². The van der Waals surface area contributed by atoms with Crippen molar-refractivity contribution in [2.75, 3.05) is 7.11 Å². The van der Waals surface area contributed by atoms with Crippen LogP contribution in [0.2, 0.25) is 0 Å². The maximum atomic E-state index is 5.03.